The highest BCUT2D eigenvalue weighted by Crippen LogP contribution is 2.24. The number of hydrogen-bond acceptors (Lipinski definition) is 3. The summed E-state index contributed by atoms with van der Waals surface area (Å²) in [5, 5.41) is 3.36. The first-order valence-electron chi connectivity index (χ1n) is 5.87. The Labute approximate surface area is 121 Å². The van der Waals surface area contributed by atoms with Crippen LogP contribution in [0.2, 0.25) is 5.02 Å². The van der Waals surface area contributed by atoms with E-state index in [0.717, 1.165) is 10.7 Å². The molecule has 2 aromatic rings. The van der Waals surface area contributed by atoms with Crippen LogP contribution in [0.15, 0.2) is 52.0 Å². The topological polar surface area (TPSA) is 42.2 Å². The fourth-order valence-electron chi connectivity index (χ4n) is 1.50. The van der Waals surface area contributed by atoms with Gasteiger partial charge in [-0.15, -0.1) is 11.8 Å². The summed E-state index contributed by atoms with van der Waals surface area (Å²) in [4.78, 5) is 12.9. The standard InChI is InChI=1S/C14H14ClNO2S/c1-10(19-13-6-4-11(15)5-7-13)14(17)16-9-12-3-2-8-18-12/h2-8,10H,9H2,1H3,(H,16,17). The minimum atomic E-state index is -0.170. The van der Waals surface area contributed by atoms with Crippen molar-refractivity contribution in [3.63, 3.8) is 0 Å². The van der Waals surface area contributed by atoms with Crippen molar-refractivity contribution < 1.29 is 9.21 Å². The molecule has 1 aromatic carbocycles. The summed E-state index contributed by atoms with van der Waals surface area (Å²) in [5.41, 5.74) is 0. The molecule has 1 heterocycles. The van der Waals surface area contributed by atoms with Gasteiger partial charge in [0.15, 0.2) is 0 Å². The van der Waals surface area contributed by atoms with Gasteiger partial charge >= 0.3 is 0 Å². The molecule has 19 heavy (non-hydrogen) atoms. The monoisotopic (exact) mass is 295 g/mol. The van der Waals surface area contributed by atoms with Gasteiger partial charge < -0.3 is 9.73 Å². The second-order valence-corrected chi connectivity index (χ2v) is 5.86. The predicted molar refractivity (Wildman–Crippen MR) is 77.3 cm³/mol. The molecule has 0 fully saturated rings. The zero-order valence-electron chi connectivity index (χ0n) is 10.4. The molecule has 0 bridgehead atoms. The maximum atomic E-state index is 11.9. The quantitative estimate of drug-likeness (QED) is 0.855. The van der Waals surface area contributed by atoms with Gasteiger partial charge in [0.2, 0.25) is 5.91 Å². The van der Waals surface area contributed by atoms with Crippen LogP contribution in [0.25, 0.3) is 0 Å². The normalized spacial score (nSPS) is 12.1. The van der Waals surface area contributed by atoms with Gasteiger partial charge in [-0.05, 0) is 43.3 Å². The van der Waals surface area contributed by atoms with Crippen molar-refractivity contribution in [2.45, 2.75) is 23.6 Å². The van der Waals surface area contributed by atoms with Crippen molar-refractivity contribution in [1.82, 2.24) is 5.32 Å². The first-order chi connectivity index (χ1) is 9.15. The smallest absolute Gasteiger partial charge is 0.233 e. The molecule has 5 heteroatoms. The van der Waals surface area contributed by atoms with Gasteiger partial charge in [-0.1, -0.05) is 11.6 Å². The SMILES string of the molecule is CC(Sc1ccc(Cl)cc1)C(=O)NCc1ccco1. The van der Waals surface area contributed by atoms with Crippen LogP contribution in [0.5, 0.6) is 0 Å². The minimum Gasteiger partial charge on any atom is -0.467 e. The maximum absolute atomic E-state index is 11.9. The highest BCUT2D eigenvalue weighted by Gasteiger charge is 2.14. The highest BCUT2D eigenvalue weighted by molar-refractivity contribution is 8.00. The van der Waals surface area contributed by atoms with Crippen LogP contribution in [0, 0.1) is 0 Å². The Morgan fingerprint density at radius 1 is 1.37 bits per heavy atom. The number of nitrogens with one attached hydrogen (secondary N) is 1. The molecule has 1 atom stereocenters. The molecular weight excluding hydrogens is 282 g/mol. The largest absolute Gasteiger partial charge is 0.467 e. The Hall–Kier alpha value is -1.39. The number of carbonyl (C=O) groups is 1. The number of carbonyl (C=O) groups excluding carboxylic acids is 1. The van der Waals surface area contributed by atoms with Crippen LogP contribution in [0.3, 0.4) is 0 Å². The van der Waals surface area contributed by atoms with Gasteiger partial charge in [0.05, 0.1) is 18.1 Å². The summed E-state index contributed by atoms with van der Waals surface area (Å²) >= 11 is 7.31. The van der Waals surface area contributed by atoms with Crippen molar-refractivity contribution in [2.75, 3.05) is 0 Å². The molecule has 3 nitrogen and oxygen atoms in total. The molecule has 1 unspecified atom stereocenters. The van der Waals surface area contributed by atoms with Gasteiger partial charge in [0.25, 0.3) is 0 Å². The van der Waals surface area contributed by atoms with Gasteiger partial charge in [0, 0.05) is 9.92 Å². The Kier molecular flexibility index (Phi) is 4.93. The molecule has 0 saturated carbocycles. The van der Waals surface area contributed by atoms with Crippen molar-refractivity contribution in [3.8, 4) is 0 Å². The Balaban J connectivity index is 1.83. The lowest BCUT2D eigenvalue weighted by Gasteiger charge is -2.11. The molecule has 0 saturated heterocycles. The van der Waals surface area contributed by atoms with Crippen LogP contribution in [-0.2, 0) is 11.3 Å². The Morgan fingerprint density at radius 2 is 2.11 bits per heavy atom. The van der Waals surface area contributed by atoms with E-state index < -0.39 is 0 Å². The van der Waals surface area contributed by atoms with Gasteiger partial charge in [-0.3, -0.25) is 4.79 Å². The van der Waals surface area contributed by atoms with Gasteiger partial charge in [-0.25, -0.2) is 0 Å². The number of amides is 1. The summed E-state index contributed by atoms with van der Waals surface area (Å²) in [6.45, 7) is 2.29. The van der Waals surface area contributed by atoms with Crippen molar-refractivity contribution in [1.29, 1.82) is 0 Å². The van der Waals surface area contributed by atoms with Crippen LogP contribution in [0.4, 0.5) is 0 Å². The Morgan fingerprint density at radius 3 is 2.74 bits per heavy atom. The van der Waals surface area contributed by atoms with E-state index in [9.17, 15) is 4.79 Å². The molecule has 100 valence electrons. The van der Waals surface area contributed by atoms with E-state index in [1.54, 1.807) is 12.3 Å². The highest BCUT2D eigenvalue weighted by atomic mass is 35.5. The van der Waals surface area contributed by atoms with E-state index in [1.165, 1.54) is 11.8 Å². The van der Waals surface area contributed by atoms with Crippen LogP contribution >= 0.6 is 23.4 Å². The molecule has 2 rings (SSSR count). The van der Waals surface area contributed by atoms with Crippen LogP contribution in [-0.4, -0.2) is 11.2 Å². The molecule has 0 aliphatic rings. The second-order valence-electron chi connectivity index (χ2n) is 4.01. The lowest BCUT2D eigenvalue weighted by Crippen LogP contribution is -2.30. The number of rotatable bonds is 5. The van der Waals surface area contributed by atoms with E-state index in [1.807, 2.05) is 37.3 Å². The van der Waals surface area contributed by atoms with Gasteiger partial charge in [-0.2, -0.15) is 0 Å². The summed E-state index contributed by atoms with van der Waals surface area (Å²) in [6.07, 6.45) is 1.59. The van der Waals surface area contributed by atoms with Gasteiger partial charge in [0.1, 0.15) is 5.76 Å². The second kappa shape index (κ2) is 6.68. The minimum absolute atomic E-state index is 0.0173. The molecule has 0 spiro atoms. The Bertz CT molecular complexity index is 525. The lowest BCUT2D eigenvalue weighted by molar-refractivity contribution is -0.120. The van der Waals surface area contributed by atoms with Crippen molar-refractivity contribution in [2.24, 2.45) is 0 Å². The summed E-state index contributed by atoms with van der Waals surface area (Å²) in [7, 11) is 0. The number of furan rings is 1. The maximum Gasteiger partial charge on any atom is 0.233 e. The molecule has 0 aliphatic heterocycles. The van der Waals surface area contributed by atoms with Crippen LogP contribution in [0.1, 0.15) is 12.7 Å². The molecule has 0 radical (unpaired) electrons. The summed E-state index contributed by atoms with van der Waals surface area (Å²) < 4.78 is 5.16. The molecule has 1 N–H and O–H groups in total. The first-order valence-corrected chi connectivity index (χ1v) is 7.13. The first kappa shape index (κ1) is 14.0. The number of benzene rings is 1. The molecule has 0 aliphatic carbocycles. The number of thioether (sulfide) groups is 1. The van der Waals surface area contributed by atoms with Crippen LogP contribution < -0.4 is 5.32 Å². The fourth-order valence-corrected chi connectivity index (χ4v) is 2.52. The summed E-state index contributed by atoms with van der Waals surface area (Å²) in [6, 6.07) is 11.1. The third-order valence-corrected chi connectivity index (χ3v) is 3.88. The fraction of sp³-hybridized carbons (Fsp3) is 0.214. The molecule has 1 amide bonds. The lowest BCUT2D eigenvalue weighted by atomic mass is 10.4. The number of halogens is 1. The van der Waals surface area contributed by atoms with E-state index in [0.29, 0.717) is 11.6 Å². The third kappa shape index (κ3) is 4.33. The van der Waals surface area contributed by atoms with E-state index in [4.69, 9.17) is 16.0 Å². The predicted octanol–water partition coefficient (Wildman–Crippen LogP) is 3.73. The third-order valence-electron chi connectivity index (χ3n) is 2.51. The van der Waals surface area contributed by atoms with E-state index in [-0.39, 0.29) is 11.2 Å². The van der Waals surface area contributed by atoms with Crippen molar-refractivity contribution in [3.05, 3.63) is 53.4 Å². The summed E-state index contributed by atoms with van der Waals surface area (Å²) in [5.74, 6) is 0.730. The zero-order valence-corrected chi connectivity index (χ0v) is 12.0. The van der Waals surface area contributed by atoms with Crippen molar-refractivity contribution >= 4 is 29.3 Å². The van der Waals surface area contributed by atoms with E-state index >= 15 is 0 Å². The molecule has 1 aromatic heterocycles. The molecular formula is C14H14ClNO2S. The zero-order chi connectivity index (χ0) is 13.7. The van der Waals surface area contributed by atoms with E-state index in [2.05, 4.69) is 5.32 Å². The average molecular weight is 296 g/mol. The average Bonchev–Trinajstić information content (AvgIpc) is 2.91. The number of hydrogen-bond donors (Lipinski definition) is 1.